The van der Waals surface area contributed by atoms with E-state index < -0.39 is 0 Å². The normalized spacial score (nSPS) is 23.5. The van der Waals surface area contributed by atoms with Crippen molar-refractivity contribution in [3.05, 3.63) is 41.5 Å². The van der Waals surface area contributed by atoms with Crippen LogP contribution in [0.15, 0.2) is 35.9 Å². The van der Waals surface area contributed by atoms with Crippen LogP contribution in [0.1, 0.15) is 39.2 Å². The molecular formula is C19H29NO. The molecule has 2 nitrogen and oxygen atoms in total. The smallest absolute Gasteiger partial charge is 0.119 e. The summed E-state index contributed by atoms with van der Waals surface area (Å²) in [7, 11) is 0. The molecule has 1 N–H and O–H groups in total. The number of hydrogen-bond acceptors (Lipinski definition) is 2. The number of hydrogen-bond donors (Lipinski definition) is 1. The average Bonchev–Trinajstić information content (AvgIpc) is 2.43. The Kier molecular flexibility index (Phi) is 5.86. The topological polar surface area (TPSA) is 21.3 Å². The highest BCUT2D eigenvalue weighted by molar-refractivity contribution is 5.26. The van der Waals surface area contributed by atoms with Crippen LogP contribution in [0.3, 0.4) is 0 Å². The van der Waals surface area contributed by atoms with Crippen LogP contribution in [0.4, 0.5) is 0 Å². The lowest BCUT2D eigenvalue weighted by atomic mass is 9.83. The van der Waals surface area contributed by atoms with Gasteiger partial charge < -0.3 is 10.1 Å². The zero-order valence-corrected chi connectivity index (χ0v) is 13.9. The molecule has 0 bridgehead atoms. The number of ether oxygens (including phenoxy) is 1. The maximum Gasteiger partial charge on any atom is 0.119 e. The van der Waals surface area contributed by atoms with Gasteiger partial charge in [0.1, 0.15) is 12.4 Å². The van der Waals surface area contributed by atoms with Crippen molar-refractivity contribution in [3.8, 4) is 5.75 Å². The molecule has 3 atom stereocenters. The number of benzene rings is 1. The molecule has 0 aliphatic heterocycles. The molecule has 1 aliphatic rings. The minimum Gasteiger partial charge on any atom is -0.492 e. The van der Waals surface area contributed by atoms with Crippen molar-refractivity contribution in [2.45, 2.75) is 46.6 Å². The Labute approximate surface area is 129 Å². The first kappa shape index (κ1) is 16.1. The largest absolute Gasteiger partial charge is 0.492 e. The Hall–Kier alpha value is -1.28. The van der Waals surface area contributed by atoms with Crippen molar-refractivity contribution in [1.29, 1.82) is 0 Å². The van der Waals surface area contributed by atoms with Crippen molar-refractivity contribution in [2.24, 2.45) is 11.8 Å². The molecule has 0 aromatic heterocycles. The van der Waals surface area contributed by atoms with Crippen LogP contribution in [0.5, 0.6) is 5.75 Å². The second-order valence-electron chi connectivity index (χ2n) is 6.73. The predicted molar refractivity (Wildman–Crippen MR) is 89.8 cm³/mol. The lowest BCUT2D eigenvalue weighted by Crippen LogP contribution is -2.36. The molecule has 0 fully saturated rings. The van der Waals surface area contributed by atoms with E-state index >= 15 is 0 Å². The van der Waals surface area contributed by atoms with Crippen molar-refractivity contribution in [2.75, 3.05) is 13.2 Å². The fraction of sp³-hybridized carbons (Fsp3) is 0.579. The molecule has 1 aromatic carbocycles. The van der Waals surface area contributed by atoms with Crippen LogP contribution < -0.4 is 10.1 Å². The number of rotatable bonds is 6. The van der Waals surface area contributed by atoms with E-state index in [0.717, 1.165) is 30.7 Å². The van der Waals surface area contributed by atoms with Gasteiger partial charge in [-0.15, -0.1) is 0 Å². The molecule has 0 saturated heterocycles. The van der Waals surface area contributed by atoms with Gasteiger partial charge in [0.05, 0.1) is 0 Å². The molecule has 0 heterocycles. The molecule has 1 aromatic rings. The van der Waals surface area contributed by atoms with Gasteiger partial charge in [-0.3, -0.25) is 0 Å². The van der Waals surface area contributed by atoms with E-state index in [-0.39, 0.29) is 0 Å². The molecule has 0 saturated carbocycles. The van der Waals surface area contributed by atoms with E-state index in [0.29, 0.717) is 6.04 Å². The highest BCUT2D eigenvalue weighted by Gasteiger charge is 2.18. The second-order valence-corrected chi connectivity index (χ2v) is 6.73. The monoisotopic (exact) mass is 287 g/mol. The van der Waals surface area contributed by atoms with E-state index in [1.54, 1.807) is 5.57 Å². The van der Waals surface area contributed by atoms with Gasteiger partial charge >= 0.3 is 0 Å². The Morgan fingerprint density at radius 2 is 1.95 bits per heavy atom. The first-order valence-corrected chi connectivity index (χ1v) is 8.13. The standard InChI is InChI=1S/C19H29NO/c1-14-5-7-19(8-6-14)21-13-17(4)20-12-18-10-15(2)9-16(3)11-18/h5-9,15,17-18,20H,10-13H2,1-4H3. The van der Waals surface area contributed by atoms with Gasteiger partial charge in [0.25, 0.3) is 0 Å². The maximum atomic E-state index is 5.83. The first-order valence-electron chi connectivity index (χ1n) is 8.13. The Morgan fingerprint density at radius 1 is 1.24 bits per heavy atom. The SMILES string of the molecule is CC1=CC(C)CC(CNC(C)COc2ccc(C)cc2)C1. The summed E-state index contributed by atoms with van der Waals surface area (Å²) in [4.78, 5) is 0. The predicted octanol–water partition coefficient (Wildman–Crippen LogP) is 4.34. The van der Waals surface area contributed by atoms with E-state index in [1.807, 2.05) is 12.1 Å². The molecule has 116 valence electrons. The highest BCUT2D eigenvalue weighted by Crippen LogP contribution is 2.27. The second kappa shape index (κ2) is 7.65. The molecule has 21 heavy (non-hydrogen) atoms. The van der Waals surface area contributed by atoms with Crippen molar-refractivity contribution in [3.63, 3.8) is 0 Å². The third-order valence-electron chi connectivity index (χ3n) is 4.16. The zero-order valence-electron chi connectivity index (χ0n) is 13.9. The van der Waals surface area contributed by atoms with Crippen LogP contribution in [0.2, 0.25) is 0 Å². The Morgan fingerprint density at radius 3 is 2.62 bits per heavy atom. The van der Waals surface area contributed by atoms with Crippen LogP contribution >= 0.6 is 0 Å². The fourth-order valence-electron chi connectivity index (χ4n) is 3.12. The Balaban J connectivity index is 1.69. The Bertz CT molecular complexity index is 463. The van der Waals surface area contributed by atoms with Gasteiger partial charge in [0.15, 0.2) is 0 Å². The van der Waals surface area contributed by atoms with Crippen LogP contribution in [0.25, 0.3) is 0 Å². The summed E-state index contributed by atoms with van der Waals surface area (Å²) in [6.07, 6.45) is 4.96. The summed E-state index contributed by atoms with van der Waals surface area (Å²) in [6.45, 7) is 10.7. The number of allylic oxidation sites excluding steroid dienone is 2. The summed E-state index contributed by atoms with van der Waals surface area (Å²) < 4.78 is 5.83. The molecule has 0 spiro atoms. The van der Waals surface area contributed by atoms with Gasteiger partial charge in [-0.2, -0.15) is 0 Å². The van der Waals surface area contributed by atoms with Crippen LogP contribution in [-0.2, 0) is 0 Å². The van der Waals surface area contributed by atoms with Crippen molar-refractivity contribution in [1.82, 2.24) is 5.32 Å². The summed E-state index contributed by atoms with van der Waals surface area (Å²) in [5.41, 5.74) is 2.81. The lowest BCUT2D eigenvalue weighted by molar-refractivity contribution is 0.261. The molecule has 1 aliphatic carbocycles. The van der Waals surface area contributed by atoms with Crippen molar-refractivity contribution < 1.29 is 4.74 Å². The molecule has 3 unspecified atom stereocenters. The van der Waals surface area contributed by atoms with Crippen molar-refractivity contribution >= 4 is 0 Å². The summed E-state index contributed by atoms with van der Waals surface area (Å²) in [5, 5.41) is 3.62. The quantitative estimate of drug-likeness (QED) is 0.786. The van der Waals surface area contributed by atoms with E-state index in [4.69, 9.17) is 4.74 Å². The summed E-state index contributed by atoms with van der Waals surface area (Å²) in [5.74, 6) is 2.45. The molecule has 0 radical (unpaired) electrons. The minimum absolute atomic E-state index is 0.382. The summed E-state index contributed by atoms with van der Waals surface area (Å²) >= 11 is 0. The first-order chi connectivity index (χ1) is 10.0. The fourth-order valence-corrected chi connectivity index (χ4v) is 3.12. The van der Waals surface area contributed by atoms with Gasteiger partial charge in [-0.1, -0.05) is 36.3 Å². The average molecular weight is 287 g/mol. The highest BCUT2D eigenvalue weighted by atomic mass is 16.5. The van der Waals surface area contributed by atoms with E-state index in [2.05, 4.69) is 51.2 Å². The molecule has 2 rings (SSSR count). The van der Waals surface area contributed by atoms with Gasteiger partial charge in [-0.05, 0) is 64.1 Å². The number of nitrogens with one attached hydrogen (secondary N) is 1. The van der Waals surface area contributed by atoms with Crippen LogP contribution in [0, 0.1) is 18.8 Å². The van der Waals surface area contributed by atoms with Gasteiger partial charge in [-0.25, -0.2) is 0 Å². The third-order valence-corrected chi connectivity index (χ3v) is 4.16. The van der Waals surface area contributed by atoms with Crippen LogP contribution in [-0.4, -0.2) is 19.2 Å². The molecule has 2 heteroatoms. The minimum atomic E-state index is 0.382. The number of aryl methyl sites for hydroxylation is 1. The molecular weight excluding hydrogens is 258 g/mol. The van der Waals surface area contributed by atoms with E-state index in [9.17, 15) is 0 Å². The summed E-state index contributed by atoms with van der Waals surface area (Å²) in [6, 6.07) is 8.64. The van der Waals surface area contributed by atoms with Gasteiger partial charge in [0.2, 0.25) is 0 Å². The molecule has 0 amide bonds. The third kappa shape index (κ3) is 5.55. The zero-order chi connectivity index (χ0) is 15.2. The van der Waals surface area contributed by atoms with Gasteiger partial charge in [0, 0.05) is 6.04 Å². The maximum absolute atomic E-state index is 5.83. The lowest BCUT2D eigenvalue weighted by Gasteiger charge is -2.27. The van der Waals surface area contributed by atoms with E-state index in [1.165, 1.54) is 18.4 Å².